The monoisotopic (exact) mass is 854 g/mol. The zero-order valence-corrected chi connectivity index (χ0v) is 40.5. The highest BCUT2D eigenvalue weighted by molar-refractivity contribution is 5.71. The van der Waals surface area contributed by atoms with Gasteiger partial charge < -0.3 is 33.6 Å². The molecular weight excluding hydrogens is 759 g/mol. The van der Waals surface area contributed by atoms with Crippen molar-refractivity contribution in [1.82, 2.24) is 14.7 Å². The maximum Gasteiger partial charge on any atom is 0.307 e. The maximum absolute atomic E-state index is 12.9. The van der Waals surface area contributed by atoms with Crippen molar-refractivity contribution in [2.24, 2.45) is 23.7 Å². The van der Waals surface area contributed by atoms with Crippen molar-refractivity contribution in [2.75, 3.05) is 85.8 Å². The van der Waals surface area contributed by atoms with Gasteiger partial charge in [-0.25, -0.2) is 0 Å². The lowest BCUT2D eigenvalue weighted by Gasteiger charge is -2.28. The molecule has 11 heteroatoms. The zero-order chi connectivity index (χ0) is 44.8. The van der Waals surface area contributed by atoms with Gasteiger partial charge in [0.25, 0.3) is 0 Å². The number of likely N-dealkylation sites (N-methyl/N-ethyl adjacent to an activating group) is 1. The van der Waals surface area contributed by atoms with Gasteiger partial charge in [-0.2, -0.15) is 0 Å². The summed E-state index contributed by atoms with van der Waals surface area (Å²) in [4.78, 5) is 58.0. The highest BCUT2D eigenvalue weighted by Gasteiger charge is 2.19. The SMILES string of the molecule is CCCCC(CC)COC(=O)CCN(CCC(=O)OCC(CC)CCCC)CCN(C)CCN(CCC(=O)OCC(CC)CCCC)CCC(=O)OCC(CC)CCCC. The zero-order valence-electron chi connectivity index (χ0n) is 40.5. The predicted octanol–water partition coefficient (Wildman–Crippen LogP) is 10.1. The lowest BCUT2D eigenvalue weighted by Crippen LogP contribution is -2.40. The summed E-state index contributed by atoms with van der Waals surface area (Å²) in [6.07, 6.45) is 18.4. The van der Waals surface area contributed by atoms with Crippen molar-refractivity contribution in [3.8, 4) is 0 Å². The second-order valence-electron chi connectivity index (χ2n) is 17.4. The minimum absolute atomic E-state index is 0.197. The summed E-state index contributed by atoms with van der Waals surface area (Å²) in [6.45, 7) is 24.0. The average molecular weight is 854 g/mol. The fourth-order valence-corrected chi connectivity index (χ4v) is 7.13. The van der Waals surface area contributed by atoms with Crippen LogP contribution in [-0.4, -0.2) is 124 Å². The number of nitrogens with zero attached hydrogens (tertiary/aromatic N) is 3. The summed E-state index contributed by atoms with van der Waals surface area (Å²) in [5.74, 6) is 0.775. The van der Waals surface area contributed by atoms with Crippen molar-refractivity contribution in [3.05, 3.63) is 0 Å². The first-order valence-electron chi connectivity index (χ1n) is 24.7. The molecule has 0 heterocycles. The molecule has 0 aromatic carbocycles. The fourth-order valence-electron chi connectivity index (χ4n) is 7.13. The molecular formula is C49H95N3O8. The predicted molar refractivity (Wildman–Crippen MR) is 246 cm³/mol. The first-order valence-corrected chi connectivity index (χ1v) is 24.7. The molecule has 0 aliphatic rings. The van der Waals surface area contributed by atoms with Crippen LogP contribution in [0.15, 0.2) is 0 Å². The maximum atomic E-state index is 12.9. The molecule has 0 aromatic heterocycles. The van der Waals surface area contributed by atoms with Crippen molar-refractivity contribution >= 4 is 23.9 Å². The highest BCUT2D eigenvalue weighted by Crippen LogP contribution is 2.17. The van der Waals surface area contributed by atoms with Crippen LogP contribution in [0.25, 0.3) is 0 Å². The van der Waals surface area contributed by atoms with E-state index in [0.717, 1.165) is 116 Å². The summed E-state index contributed by atoms with van der Waals surface area (Å²) in [7, 11) is 2.06. The molecule has 0 aromatic rings. The molecule has 354 valence electrons. The van der Waals surface area contributed by atoms with Gasteiger partial charge in [0, 0.05) is 52.4 Å². The number of hydrogen-bond acceptors (Lipinski definition) is 11. The lowest BCUT2D eigenvalue weighted by molar-refractivity contribution is -0.147. The van der Waals surface area contributed by atoms with Crippen molar-refractivity contribution in [3.63, 3.8) is 0 Å². The molecule has 60 heavy (non-hydrogen) atoms. The standard InChI is InChI=1S/C49H95N3O8/c1-10-18-22-42(14-5)38-57-46(53)26-30-51(31-27-47(54)58-39-43(15-6)23-19-11-2)36-34-50(9)35-37-52(32-28-48(55)59-40-44(16-7)24-20-12-3)33-29-49(56)60-41-45(17-8)25-21-13-4/h42-45H,10-41H2,1-9H3. The van der Waals surface area contributed by atoms with E-state index in [1.807, 2.05) is 0 Å². The Kier molecular flexibility index (Phi) is 38.1. The third kappa shape index (κ3) is 32.5. The highest BCUT2D eigenvalue weighted by atomic mass is 16.5. The van der Waals surface area contributed by atoms with E-state index in [0.29, 0.717) is 89.4 Å². The van der Waals surface area contributed by atoms with Crippen molar-refractivity contribution in [2.45, 2.75) is 184 Å². The number of carbonyl (C=O) groups is 4. The van der Waals surface area contributed by atoms with Crippen LogP contribution in [0.1, 0.15) is 184 Å². The van der Waals surface area contributed by atoms with Crippen LogP contribution in [0, 0.1) is 23.7 Å². The van der Waals surface area contributed by atoms with Crippen LogP contribution < -0.4 is 0 Å². The third-order valence-electron chi connectivity index (χ3n) is 12.2. The van der Waals surface area contributed by atoms with Crippen LogP contribution in [0.4, 0.5) is 0 Å². The largest absolute Gasteiger partial charge is 0.465 e. The van der Waals surface area contributed by atoms with Gasteiger partial charge in [0.15, 0.2) is 0 Å². The Hall–Kier alpha value is -2.24. The van der Waals surface area contributed by atoms with Crippen LogP contribution in [0.2, 0.25) is 0 Å². The number of esters is 4. The van der Waals surface area contributed by atoms with Crippen LogP contribution >= 0.6 is 0 Å². The molecule has 4 atom stereocenters. The van der Waals surface area contributed by atoms with E-state index in [4.69, 9.17) is 18.9 Å². The molecule has 0 aliphatic heterocycles. The minimum Gasteiger partial charge on any atom is -0.465 e. The average Bonchev–Trinajstić information content (AvgIpc) is 3.25. The number of rotatable bonds is 42. The molecule has 0 saturated carbocycles. The first-order chi connectivity index (χ1) is 29.0. The molecule has 11 nitrogen and oxygen atoms in total. The second-order valence-corrected chi connectivity index (χ2v) is 17.4. The Labute approximate surface area is 369 Å². The van der Waals surface area contributed by atoms with E-state index in [9.17, 15) is 19.2 Å². The van der Waals surface area contributed by atoms with E-state index < -0.39 is 0 Å². The lowest BCUT2D eigenvalue weighted by atomic mass is 10.0. The third-order valence-corrected chi connectivity index (χ3v) is 12.2. The summed E-state index contributed by atoms with van der Waals surface area (Å²) in [5.41, 5.74) is 0. The number of unbranched alkanes of at least 4 members (excludes halogenated alkanes) is 4. The summed E-state index contributed by atoms with van der Waals surface area (Å²) in [5, 5.41) is 0. The fraction of sp³-hybridized carbons (Fsp3) is 0.918. The van der Waals surface area contributed by atoms with Crippen LogP contribution in [0.5, 0.6) is 0 Å². The van der Waals surface area contributed by atoms with E-state index in [-0.39, 0.29) is 49.6 Å². The normalized spacial score (nSPS) is 13.7. The van der Waals surface area contributed by atoms with Crippen LogP contribution in [0.3, 0.4) is 0 Å². The summed E-state index contributed by atoms with van der Waals surface area (Å²) < 4.78 is 22.8. The molecule has 0 rings (SSSR count). The topological polar surface area (TPSA) is 115 Å². The Bertz CT molecular complexity index is 910. The van der Waals surface area contributed by atoms with Gasteiger partial charge >= 0.3 is 23.9 Å². The Morgan fingerprint density at radius 2 is 0.600 bits per heavy atom. The van der Waals surface area contributed by atoms with Crippen molar-refractivity contribution in [1.29, 1.82) is 0 Å². The first kappa shape index (κ1) is 57.8. The van der Waals surface area contributed by atoms with Gasteiger partial charge in [-0.1, -0.05) is 132 Å². The van der Waals surface area contributed by atoms with Gasteiger partial charge in [-0.05, 0) is 56.4 Å². The number of ether oxygens (including phenoxy) is 4. The minimum atomic E-state index is -0.197. The number of carbonyl (C=O) groups excluding carboxylic acids is 4. The smallest absolute Gasteiger partial charge is 0.307 e. The van der Waals surface area contributed by atoms with E-state index in [1.54, 1.807) is 0 Å². The van der Waals surface area contributed by atoms with E-state index in [2.05, 4.69) is 77.1 Å². The van der Waals surface area contributed by atoms with Gasteiger partial charge in [0.05, 0.1) is 52.1 Å². The van der Waals surface area contributed by atoms with E-state index in [1.165, 1.54) is 0 Å². The second kappa shape index (κ2) is 39.6. The molecule has 0 bridgehead atoms. The molecule has 0 radical (unpaired) electrons. The molecule has 0 spiro atoms. The molecule has 0 saturated heterocycles. The Morgan fingerprint density at radius 1 is 0.367 bits per heavy atom. The summed E-state index contributed by atoms with van der Waals surface area (Å²) in [6, 6.07) is 0. The Balaban J connectivity index is 5.48. The molecule has 0 fully saturated rings. The van der Waals surface area contributed by atoms with Gasteiger partial charge in [0.1, 0.15) is 0 Å². The van der Waals surface area contributed by atoms with Crippen molar-refractivity contribution < 1.29 is 38.1 Å². The molecule has 0 N–H and O–H groups in total. The molecule has 4 unspecified atom stereocenters. The Morgan fingerprint density at radius 3 is 0.800 bits per heavy atom. The van der Waals surface area contributed by atoms with Gasteiger partial charge in [0.2, 0.25) is 0 Å². The molecule has 0 amide bonds. The van der Waals surface area contributed by atoms with Crippen LogP contribution in [-0.2, 0) is 38.1 Å². The molecule has 0 aliphatic carbocycles. The summed E-state index contributed by atoms with van der Waals surface area (Å²) >= 11 is 0. The quantitative estimate of drug-likeness (QED) is 0.0432. The van der Waals surface area contributed by atoms with E-state index >= 15 is 0 Å². The van der Waals surface area contributed by atoms with Gasteiger partial charge in [-0.3, -0.25) is 19.2 Å². The number of hydrogen-bond donors (Lipinski definition) is 0. The van der Waals surface area contributed by atoms with Gasteiger partial charge in [-0.15, -0.1) is 0 Å².